The minimum atomic E-state index is 0.454. The number of aromatic nitrogens is 2. The Kier molecular flexibility index (Phi) is 3.88. The lowest BCUT2D eigenvalue weighted by molar-refractivity contribution is 0.622. The normalized spacial score (nSPS) is 18.6. The molecule has 0 spiro atoms. The van der Waals surface area contributed by atoms with Crippen LogP contribution in [0.1, 0.15) is 49.0 Å². The second kappa shape index (κ2) is 5.80. The van der Waals surface area contributed by atoms with Crippen LogP contribution in [0.5, 0.6) is 0 Å². The Labute approximate surface area is 120 Å². The fraction of sp³-hybridized carbons (Fsp3) is 0.471. The van der Waals surface area contributed by atoms with Gasteiger partial charge in [0.1, 0.15) is 0 Å². The van der Waals surface area contributed by atoms with Crippen molar-refractivity contribution in [3.05, 3.63) is 41.1 Å². The van der Waals surface area contributed by atoms with E-state index in [0.717, 1.165) is 18.7 Å². The number of H-pyrrole nitrogens is 1. The van der Waals surface area contributed by atoms with Crippen LogP contribution < -0.4 is 5.32 Å². The summed E-state index contributed by atoms with van der Waals surface area (Å²) in [4.78, 5) is 0. The van der Waals surface area contributed by atoms with Gasteiger partial charge in [-0.1, -0.05) is 37.6 Å². The Bertz CT molecular complexity index is 562. The minimum absolute atomic E-state index is 0.454. The molecule has 1 aliphatic rings. The zero-order valence-corrected chi connectivity index (χ0v) is 12.4. The van der Waals surface area contributed by atoms with Crippen LogP contribution in [0.3, 0.4) is 0 Å². The van der Waals surface area contributed by atoms with Gasteiger partial charge in [0.05, 0.1) is 11.4 Å². The van der Waals surface area contributed by atoms with Crippen LogP contribution in [0.15, 0.2) is 24.3 Å². The monoisotopic (exact) mass is 269 g/mol. The highest BCUT2D eigenvalue weighted by Gasteiger charge is 2.22. The van der Waals surface area contributed by atoms with Crippen molar-refractivity contribution >= 4 is 0 Å². The molecule has 0 radical (unpaired) electrons. The van der Waals surface area contributed by atoms with Crippen LogP contribution in [0.25, 0.3) is 11.3 Å². The van der Waals surface area contributed by atoms with E-state index >= 15 is 0 Å². The Balaban J connectivity index is 1.86. The highest BCUT2D eigenvalue weighted by molar-refractivity contribution is 5.64. The standard InChI is InChI=1S/C17H23N3/c1-3-5-13-7-9-14(10-8-13)16-12(2)17(20-19-16)15-6-4-11-18-15/h7-10,15,18H,3-6,11H2,1-2H3,(H,19,20). The number of hydrogen-bond donors (Lipinski definition) is 2. The van der Waals surface area contributed by atoms with Gasteiger partial charge >= 0.3 is 0 Å². The predicted octanol–water partition coefficient (Wildman–Crippen LogP) is 3.76. The third kappa shape index (κ3) is 2.50. The number of hydrogen-bond acceptors (Lipinski definition) is 2. The Morgan fingerprint density at radius 1 is 1.25 bits per heavy atom. The molecule has 1 aliphatic heterocycles. The number of aromatic amines is 1. The molecule has 3 heteroatoms. The summed E-state index contributed by atoms with van der Waals surface area (Å²) in [6.07, 6.45) is 4.80. The molecule has 0 saturated carbocycles. The van der Waals surface area contributed by atoms with Gasteiger partial charge in [-0.25, -0.2) is 0 Å². The van der Waals surface area contributed by atoms with Gasteiger partial charge in [-0.15, -0.1) is 0 Å². The molecule has 1 atom stereocenters. The highest BCUT2D eigenvalue weighted by atomic mass is 15.1. The molecule has 106 valence electrons. The number of rotatable bonds is 4. The van der Waals surface area contributed by atoms with E-state index < -0.39 is 0 Å². The number of nitrogens with zero attached hydrogens (tertiary/aromatic N) is 1. The van der Waals surface area contributed by atoms with Crippen LogP contribution in [-0.4, -0.2) is 16.7 Å². The third-order valence-electron chi connectivity index (χ3n) is 4.22. The summed E-state index contributed by atoms with van der Waals surface area (Å²) in [7, 11) is 0. The minimum Gasteiger partial charge on any atom is -0.309 e. The van der Waals surface area contributed by atoms with E-state index in [4.69, 9.17) is 0 Å². The van der Waals surface area contributed by atoms with E-state index in [2.05, 4.69) is 53.6 Å². The van der Waals surface area contributed by atoms with E-state index in [-0.39, 0.29) is 0 Å². The molecule has 0 amide bonds. The van der Waals surface area contributed by atoms with Gasteiger partial charge in [0.2, 0.25) is 0 Å². The van der Waals surface area contributed by atoms with Crippen molar-refractivity contribution in [1.29, 1.82) is 0 Å². The van der Waals surface area contributed by atoms with Crippen LogP contribution in [0, 0.1) is 6.92 Å². The molecule has 20 heavy (non-hydrogen) atoms. The molecule has 2 heterocycles. The van der Waals surface area contributed by atoms with Crippen LogP contribution >= 0.6 is 0 Å². The van der Waals surface area contributed by atoms with Gasteiger partial charge in [-0.05, 0) is 43.9 Å². The Morgan fingerprint density at radius 3 is 2.70 bits per heavy atom. The third-order valence-corrected chi connectivity index (χ3v) is 4.22. The van der Waals surface area contributed by atoms with Gasteiger partial charge in [0.15, 0.2) is 0 Å². The van der Waals surface area contributed by atoms with Crippen LogP contribution in [0.4, 0.5) is 0 Å². The molecule has 1 fully saturated rings. The summed E-state index contributed by atoms with van der Waals surface area (Å²) in [6, 6.07) is 9.29. The lowest BCUT2D eigenvalue weighted by Crippen LogP contribution is -2.14. The van der Waals surface area contributed by atoms with Gasteiger partial charge in [0.25, 0.3) is 0 Å². The first-order valence-corrected chi connectivity index (χ1v) is 7.67. The quantitative estimate of drug-likeness (QED) is 0.887. The molecule has 3 rings (SSSR count). The molecule has 1 aromatic heterocycles. The van der Waals surface area contributed by atoms with Crippen molar-refractivity contribution in [3.8, 4) is 11.3 Å². The van der Waals surface area contributed by atoms with E-state index in [9.17, 15) is 0 Å². The lowest BCUT2D eigenvalue weighted by Gasteiger charge is -2.09. The van der Waals surface area contributed by atoms with Gasteiger partial charge < -0.3 is 5.32 Å². The lowest BCUT2D eigenvalue weighted by atomic mass is 10.0. The fourth-order valence-electron chi connectivity index (χ4n) is 3.08. The largest absolute Gasteiger partial charge is 0.309 e. The highest BCUT2D eigenvalue weighted by Crippen LogP contribution is 2.30. The molecule has 1 saturated heterocycles. The molecule has 2 aromatic rings. The second-order valence-corrected chi connectivity index (χ2v) is 5.71. The first-order chi connectivity index (χ1) is 9.79. The first-order valence-electron chi connectivity index (χ1n) is 7.67. The van der Waals surface area contributed by atoms with Crippen molar-refractivity contribution < 1.29 is 0 Å². The summed E-state index contributed by atoms with van der Waals surface area (Å²) >= 11 is 0. The van der Waals surface area contributed by atoms with E-state index in [1.54, 1.807) is 0 Å². The predicted molar refractivity (Wildman–Crippen MR) is 82.7 cm³/mol. The average Bonchev–Trinajstić information content (AvgIpc) is 3.09. The maximum absolute atomic E-state index is 4.54. The average molecular weight is 269 g/mol. The summed E-state index contributed by atoms with van der Waals surface area (Å²) in [6.45, 7) is 5.50. The Morgan fingerprint density at radius 2 is 2.05 bits per heavy atom. The summed E-state index contributed by atoms with van der Waals surface area (Å²) in [5.41, 5.74) is 6.25. The zero-order valence-electron chi connectivity index (χ0n) is 12.4. The van der Waals surface area contributed by atoms with Crippen molar-refractivity contribution in [2.45, 2.75) is 45.6 Å². The summed E-state index contributed by atoms with van der Waals surface area (Å²) in [5, 5.41) is 11.3. The maximum atomic E-state index is 4.54. The van der Waals surface area contributed by atoms with E-state index in [1.165, 1.54) is 41.6 Å². The zero-order chi connectivity index (χ0) is 13.9. The maximum Gasteiger partial charge on any atom is 0.0953 e. The van der Waals surface area contributed by atoms with Crippen molar-refractivity contribution in [3.63, 3.8) is 0 Å². The molecular formula is C17H23N3. The summed E-state index contributed by atoms with van der Waals surface area (Å²) in [5.74, 6) is 0. The number of benzene rings is 1. The first kappa shape index (κ1) is 13.4. The van der Waals surface area contributed by atoms with E-state index in [0.29, 0.717) is 6.04 Å². The van der Waals surface area contributed by atoms with Crippen molar-refractivity contribution in [2.75, 3.05) is 6.54 Å². The van der Waals surface area contributed by atoms with Crippen molar-refractivity contribution in [2.24, 2.45) is 0 Å². The molecular weight excluding hydrogens is 246 g/mol. The fourth-order valence-corrected chi connectivity index (χ4v) is 3.08. The Hall–Kier alpha value is -1.61. The summed E-state index contributed by atoms with van der Waals surface area (Å²) < 4.78 is 0. The van der Waals surface area contributed by atoms with Gasteiger partial charge in [0, 0.05) is 11.6 Å². The number of nitrogens with one attached hydrogen (secondary N) is 2. The number of aryl methyl sites for hydroxylation is 1. The second-order valence-electron chi connectivity index (χ2n) is 5.71. The van der Waals surface area contributed by atoms with Crippen LogP contribution in [0.2, 0.25) is 0 Å². The topological polar surface area (TPSA) is 40.7 Å². The van der Waals surface area contributed by atoms with Crippen LogP contribution in [-0.2, 0) is 6.42 Å². The SMILES string of the molecule is CCCc1ccc(-c2n[nH]c(C3CCCN3)c2C)cc1. The van der Waals surface area contributed by atoms with Crippen molar-refractivity contribution in [1.82, 2.24) is 15.5 Å². The smallest absolute Gasteiger partial charge is 0.0953 e. The van der Waals surface area contributed by atoms with E-state index in [1.807, 2.05) is 0 Å². The van der Waals surface area contributed by atoms with Gasteiger partial charge in [-0.3, -0.25) is 5.10 Å². The molecule has 1 aromatic carbocycles. The molecule has 0 bridgehead atoms. The molecule has 3 nitrogen and oxygen atoms in total. The van der Waals surface area contributed by atoms with Gasteiger partial charge in [-0.2, -0.15) is 5.10 Å². The molecule has 0 aliphatic carbocycles. The molecule has 2 N–H and O–H groups in total. The molecule has 1 unspecified atom stereocenters.